The normalized spacial score (nSPS) is 26.8. The smallest absolute Gasteiger partial charge is 0.273 e. The van der Waals surface area contributed by atoms with E-state index in [-0.39, 0.29) is 11.9 Å². The number of carbonyl (C=O) groups is 1. The molecule has 1 aliphatic heterocycles. The molecule has 1 aromatic rings. The van der Waals surface area contributed by atoms with E-state index in [0.717, 1.165) is 51.9 Å². The number of carbonyl (C=O) groups excluding carboxylic acids is 1. The number of nitrogens with zero attached hydrogens (tertiary/aromatic N) is 3. The first-order valence-corrected chi connectivity index (χ1v) is 8.46. The molecule has 1 aliphatic carbocycles. The van der Waals surface area contributed by atoms with E-state index in [4.69, 9.17) is 11.6 Å². The number of hydrogen-bond acceptors (Lipinski definition) is 4. The molecule has 2 N–H and O–H groups in total. The van der Waals surface area contributed by atoms with Gasteiger partial charge in [0.2, 0.25) is 0 Å². The van der Waals surface area contributed by atoms with Crippen molar-refractivity contribution in [2.45, 2.75) is 37.8 Å². The van der Waals surface area contributed by atoms with Gasteiger partial charge in [0.15, 0.2) is 5.69 Å². The molecule has 1 aromatic heterocycles. The minimum atomic E-state index is -0.156. The van der Waals surface area contributed by atoms with E-state index in [1.54, 1.807) is 17.9 Å². The number of nitrogens with one attached hydrogen (secondary N) is 2. The highest BCUT2D eigenvalue weighted by Crippen LogP contribution is 2.24. The lowest BCUT2D eigenvalue weighted by Gasteiger charge is -2.39. The summed E-state index contributed by atoms with van der Waals surface area (Å²) in [6.07, 6.45) is 6.02. The van der Waals surface area contributed by atoms with Crippen LogP contribution in [0.4, 0.5) is 0 Å². The van der Waals surface area contributed by atoms with E-state index in [0.29, 0.717) is 16.8 Å². The van der Waals surface area contributed by atoms with Crippen molar-refractivity contribution in [2.75, 3.05) is 26.2 Å². The second kappa shape index (κ2) is 6.98. The number of rotatable bonds is 3. The zero-order valence-corrected chi connectivity index (χ0v) is 13.8. The summed E-state index contributed by atoms with van der Waals surface area (Å²) in [5.74, 6) is -0.156. The number of hydrogen-bond donors (Lipinski definition) is 2. The molecule has 7 heteroatoms. The van der Waals surface area contributed by atoms with Gasteiger partial charge in [-0.15, -0.1) is 0 Å². The molecular weight excluding hydrogens is 302 g/mol. The van der Waals surface area contributed by atoms with E-state index in [1.807, 2.05) is 0 Å². The third-order valence-electron chi connectivity index (χ3n) is 4.70. The highest BCUT2D eigenvalue weighted by atomic mass is 35.5. The zero-order chi connectivity index (χ0) is 15.5. The zero-order valence-electron chi connectivity index (χ0n) is 13.0. The first-order chi connectivity index (χ1) is 10.6. The fraction of sp³-hybridized carbons (Fsp3) is 0.733. The van der Waals surface area contributed by atoms with E-state index in [2.05, 4.69) is 20.6 Å². The number of aryl methyl sites for hydroxylation is 1. The average molecular weight is 326 g/mol. The Bertz CT molecular complexity index is 518. The highest BCUT2D eigenvalue weighted by molar-refractivity contribution is 6.33. The summed E-state index contributed by atoms with van der Waals surface area (Å²) in [5, 5.41) is 11.0. The quantitative estimate of drug-likeness (QED) is 0.871. The van der Waals surface area contributed by atoms with Gasteiger partial charge >= 0.3 is 0 Å². The van der Waals surface area contributed by atoms with Gasteiger partial charge < -0.3 is 10.6 Å². The Morgan fingerprint density at radius 2 is 2.00 bits per heavy atom. The van der Waals surface area contributed by atoms with Crippen molar-refractivity contribution >= 4 is 17.5 Å². The number of aromatic nitrogens is 2. The van der Waals surface area contributed by atoms with E-state index >= 15 is 0 Å². The lowest BCUT2D eigenvalue weighted by molar-refractivity contribution is 0.0889. The topological polar surface area (TPSA) is 62.2 Å². The number of amides is 1. The Hall–Kier alpha value is -1.11. The summed E-state index contributed by atoms with van der Waals surface area (Å²) < 4.78 is 1.57. The molecule has 0 bridgehead atoms. The molecule has 2 heterocycles. The summed E-state index contributed by atoms with van der Waals surface area (Å²) in [7, 11) is 1.77. The maximum atomic E-state index is 12.2. The minimum Gasteiger partial charge on any atom is -0.348 e. The SMILES string of the molecule is Cn1cc(Cl)c(C(=O)NC2CCC(N3CCNCC3)CC2)n1. The largest absolute Gasteiger partial charge is 0.348 e. The third kappa shape index (κ3) is 3.62. The molecular formula is C15H24ClN5O. The highest BCUT2D eigenvalue weighted by Gasteiger charge is 2.28. The standard InChI is InChI=1S/C15H24ClN5O/c1-20-10-13(16)14(19-20)15(22)18-11-2-4-12(5-3-11)21-8-6-17-7-9-21/h10-12,17H,2-9H2,1H3,(H,18,22). The second-order valence-electron chi connectivity index (χ2n) is 6.26. The predicted octanol–water partition coefficient (Wildman–Crippen LogP) is 1.02. The van der Waals surface area contributed by atoms with Crippen LogP contribution in [0.2, 0.25) is 5.02 Å². The molecule has 1 saturated heterocycles. The lowest BCUT2D eigenvalue weighted by atomic mass is 9.89. The Morgan fingerprint density at radius 1 is 1.32 bits per heavy atom. The van der Waals surface area contributed by atoms with Gasteiger partial charge in [0, 0.05) is 51.5 Å². The van der Waals surface area contributed by atoms with Gasteiger partial charge in [0.1, 0.15) is 0 Å². The molecule has 1 saturated carbocycles. The van der Waals surface area contributed by atoms with Gasteiger partial charge in [-0.25, -0.2) is 0 Å². The monoisotopic (exact) mass is 325 g/mol. The van der Waals surface area contributed by atoms with Crippen LogP contribution in [0, 0.1) is 0 Å². The lowest BCUT2D eigenvalue weighted by Crippen LogP contribution is -2.50. The van der Waals surface area contributed by atoms with Crippen LogP contribution < -0.4 is 10.6 Å². The fourth-order valence-electron chi connectivity index (χ4n) is 3.50. The van der Waals surface area contributed by atoms with Crippen molar-refractivity contribution in [1.82, 2.24) is 25.3 Å². The molecule has 0 radical (unpaired) electrons. The van der Waals surface area contributed by atoms with Crippen molar-refractivity contribution in [3.8, 4) is 0 Å². The van der Waals surface area contributed by atoms with Gasteiger partial charge in [-0.1, -0.05) is 11.6 Å². The van der Waals surface area contributed by atoms with Crippen molar-refractivity contribution in [2.24, 2.45) is 7.05 Å². The van der Waals surface area contributed by atoms with Gasteiger partial charge in [0.25, 0.3) is 5.91 Å². The summed E-state index contributed by atoms with van der Waals surface area (Å²) in [4.78, 5) is 14.8. The Morgan fingerprint density at radius 3 is 2.59 bits per heavy atom. The van der Waals surface area contributed by atoms with Gasteiger partial charge in [0.05, 0.1) is 5.02 Å². The Balaban J connectivity index is 1.49. The molecule has 0 atom stereocenters. The average Bonchev–Trinajstić information content (AvgIpc) is 2.88. The fourth-order valence-corrected chi connectivity index (χ4v) is 3.76. The van der Waals surface area contributed by atoms with Crippen molar-refractivity contribution in [3.63, 3.8) is 0 Å². The van der Waals surface area contributed by atoms with Crippen molar-refractivity contribution in [3.05, 3.63) is 16.9 Å². The molecule has 22 heavy (non-hydrogen) atoms. The molecule has 0 aromatic carbocycles. The molecule has 2 aliphatic rings. The predicted molar refractivity (Wildman–Crippen MR) is 86.2 cm³/mol. The van der Waals surface area contributed by atoms with E-state index in [1.165, 1.54) is 0 Å². The maximum Gasteiger partial charge on any atom is 0.273 e. The van der Waals surface area contributed by atoms with Crippen LogP contribution in [-0.2, 0) is 7.05 Å². The van der Waals surface area contributed by atoms with Crippen molar-refractivity contribution < 1.29 is 4.79 Å². The van der Waals surface area contributed by atoms with Gasteiger partial charge in [-0.3, -0.25) is 14.4 Å². The van der Waals surface area contributed by atoms with Crippen LogP contribution in [0.3, 0.4) is 0 Å². The summed E-state index contributed by atoms with van der Waals surface area (Å²) >= 11 is 6.03. The van der Waals surface area contributed by atoms with E-state index in [9.17, 15) is 4.79 Å². The molecule has 3 rings (SSSR count). The van der Waals surface area contributed by atoms with Crippen molar-refractivity contribution in [1.29, 1.82) is 0 Å². The molecule has 0 unspecified atom stereocenters. The van der Waals surface area contributed by atoms with Crippen LogP contribution >= 0.6 is 11.6 Å². The van der Waals surface area contributed by atoms with Crippen LogP contribution in [0.15, 0.2) is 6.20 Å². The Kier molecular flexibility index (Phi) is 5.00. The first-order valence-electron chi connectivity index (χ1n) is 8.08. The van der Waals surface area contributed by atoms with Crippen LogP contribution in [0.5, 0.6) is 0 Å². The molecule has 122 valence electrons. The summed E-state index contributed by atoms with van der Waals surface area (Å²) in [6, 6.07) is 0.915. The third-order valence-corrected chi connectivity index (χ3v) is 4.98. The number of halogens is 1. The second-order valence-corrected chi connectivity index (χ2v) is 6.67. The summed E-state index contributed by atoms with van der Waals surface area (Å²) in [5.41, 5.74) is 0.327. The van der Waals surface area contributed by atoms with Crippen LogP contribution in [0.25, 0.3) is 0 Å². The summed E-state index contributed by atoms with van der Waals surface area (Å²) in [6.45, 7) is 4.47. The van der Waals surface area contributed by atoms with Crippen LogP contribution in [0.1, 0.15) is 36.2 Å². The van der Waals surface area contributed by atoms with E-state index < -0.39 is 0 Å². The van der Waals surface area contributed by atoms with Gasteiger partial charge in [-0.05, 0) is 25.7 Å². The first kappa shape index (κ1) is 15.8. The number of piperazine rings is 1. The molecule has 0 spiro atoms. The Labute approximate surface area is 136 Å². The van der Waals surface area contributed by atoms with Gasteiger partial charge in [-0.2, -0.15) is 5.10 Å². The molecule has 1 amide bonds. The molecule has 2 fully saturated rings. The molecule has 6 nitrogen and oxygen atoms in total. The van der Waals surface area contributed by atoms with Crippen LogP contribution in [-0.4, -0.2) is 58.9 Å². The maximum absolute atomic E-state index is 12.2. The minimum absolute atomic E-state index is 0.156.